The molecule has 1 aliphatic carbocycles. The van der Waals surface area contributed by atoms with Gasteiger partial charge < -0.3 is 0 Å². The fraction of sp³-hybridized carbons (Fsp3) is 0.857. The predicted octanol–water partition coefficient (Wildman–Crippen LogP) is 2.32. The highest BCUT2D eigenvalue weighted by Crippen LogP contribution is 2.43. The molecule has 0 spiro atoms. The first kappa shape index (κ1) is 7.51. The van der Waals surface area contributed by atoms with Crippen molar-refractivity contribution >= 4 is 28.4 Å². The van der Waals surface area contributed by atoms with Gasteiger partial charge in [0.05, 0.1) is 0 Å². The second-order valence-electron chi connectivity index (χ2n) is 2.88. The Balaban J connectivity index is 2.33. The van der Waals surface area contributed by atoms with Crippen molar-refractivity contribution in [2.45, 2.75) is 36.0 Å². The van der Waals surface area contributed by atoms with Crippen LogP contribution in [0.2, 0.25) is 0 Å². The van der Waals surface area contributed by atoms with E-state index < -0.39 is 0 Å². The zero-order valence-corrected chi connectivity index (χ0v) is 7.77. The number of Topliss-reactive ketones (excluding diaryl/α,β-unsaturated/α-hetero) is 1. The molecule has 52 valence electrons. The Bertz CT molecular complexity index is 127. The van der Waals surface area contributed by atoms with Gasteiger partial charge in [0.15, 0.2) is 0 Å². The topological polar surface area (TPSA) is 17.1 Å². The second kappa shape index (κ2) is 2.56. The fourth-order valence-corrected chi connectivity index (χ4v) is 2.48. The molecule has 1 nitrogen and oxygen atoms in total. The minimum absolute atomic E-state index is 0.337. The van der Waals surface area contributed by atoms with Crippen molar-refractivity contribution in [2.24, 2.45) is 0 Å². The summed E-state index contributed by atoms with van der Waals surface area (Å²) in [6.45, 7) is 1.68. The van der Waals surface area contributed by atoms with Crippen LogP contribution in [0.3, 0.4) is 0 Å². The zero-order chi connectivity index (χ0) is 6.91. The monoisotopic (exact) mass is 238 g/mol. The molecule has 0 aliphatic heterocycles. The molecule has 0 atom stereocenters. The van der Waals surface area contributed by atoms with E-state index in [-0.39, 0.29) is 0 Å². The molecular formula is C7H11IO. The zero-order valence-electron chi connectivity index (χ0n) is 5.61. The first-order valence-corrected chi connectivity index (χ1v) is 4.39. The molecule has 0 aromatic carbocycles. The SMILES string of the molecule is CC(=O)CC1(I)CCC1. The minimum atomic E-state index is 0.337. The lowest BCUT2D eigenvalue weighted by Gasteiger charge is -2.35. The number of ketones is 1. The molecule has 1 fully saturated rings. The van der Waals surface area contributed by atoms with Gasteiger partial charge >= 0.3 is 0 Å². The van der Waals surface area contributed by atoms with Crippen LogP contribution < -0.4 is 0 Å². The van der Waals surface area contributed by atoms with Crippen molar-refractivity contribution in [1.29, 1.82) is 0 Å². The smallest absolute Gasteiger partial charge is 0.131 e. The maximum atomic E-state index is 10.6. The van der Waals surface area contributed by atoms with Crippen LogP contribution in [0.15, 0.2) is 0 Å². The quantitative estimate of drug-likeness (QED) is 0.533. The lowest BCUT2D eigenvalue weighted by Crippen LogP contribution is -2.31. The molecule has 0 aromatic heterocycles. The lowest BCUT2D eigenvalue weighted by atomic mass is 9.82. The average molecular weight is 238 g/mol. The third-order valence-electron chi connectivity index (χ3n) is 1.82. The summed E-state index contributed by atoms with van der Waals surface area (Å²) in [7, 11) is 0. The normalized spacial score (nSPS) is 22.9. The number of carbonyl (C=O) groups excluding carboxylic acids is 1. The Hall–Kier alpha value is 0.400. The van der Waals surface area contributed by atoms with Gasteiger partial charge in [0, 0.05) is 9.84 Å². The summed E-state index contributed by atoms with van der Waals surface area (Å²) < 4.78 is 0.365. The van der Waals surface area contributed by atoms with Crippen LogP contribution >= 0.6 is 22.6 Å². The number of carbonyl (C=O) groups is 1. The van der Waals surface area contributed by atoms with Crippen LogP contribution in [-0.2, 0) is 4.79 Å². The van der Waals surface area contributed by atoms with Crippen molar-refractivity contribution in [3.63, 3.8) is 0 Å². The molecular weight excluding hydrogens is 227 g/mol. The van der Waals surface area contributed by atoms with Crippen molar-refractivity contribution in [1.82, 2.24) is 0 Å². The van der Waals surface area contributed by atoms with Crippen LogP contribution in [0.5, 0.6) is 0 Å². The molecule has 0 aromatic rings. The van der Waals surface area contributed by atoms with Crippen LogP contribution in [0.1, 0.15) is 32.6 Å². The standard InChI is InChI=1S/C7H11IO/c1-6(9)5-7(8)3-2-4-7/h2-5H2,1H3. The third-order valence-corrected chi connectivity index (χ3v) is 3.28. The number of rotatable bonds is 2. The van der Waals surface area contributed by atoms with E-state index in [9.17, 15) is 4.79 Å². The van der Waals surface area contributed by atoms with E-state index in [4.69, 9.17) is 0 Å². The van der Waals surface area contributed by atoms with Gasteiger partial charge in [0.1, 0.15) is 5.78 Å². The molecule has 1 saturated carbocycles. The van der Waals surface area contributed by atoms with Crippen LogP contribution in [0.4, 0.5) is 0 Å². The van der Waals surface area contributed by atoms with Crippen molar-refractivity contribution < 1.29 is 4.79 Å². The molecule has 1 rings (SSSR count). The lowest BCUT2D eigenvalue weighted by molar-refractivity contribution is -0.117. The Morgan fingerprint density at radius 2 is 2.22 bits per heavy atom. The Labute approximate surface area is 69.3 Å². The summed E-state index contributed by atoms with van der Waals surface area (Å²) in [5.74, 6) is 0.337. The summed E-state index contributed by atoms with van der Waals surface area (Å²) in [5.41, 5.74) is 0. The minimum Gasteiger partial charge on any atom is -0.300 e. The van der Waals surface area contributed by atoms with E-state index in [1.165, 1.54) is 19.3 Å². The van der Waals surface area contributed by atoms with E-state index >= 15 is 0 Å². The molecule has 2 heteroatoms. The number of halogens is 1. The molecule has 0 unspecified atom stereocenters. The molecule has 0 heterocycles. The Morgan fingerprint density at radius 3 is 2.33 bits per heavy atom. The molecule has 9 heavy (non-hydrogen) atoms. The summed E-state index contributed by atoms with van der Waals surface area (Å²) in [6.07, 6.45) is 4.59. The maximum absolute atomic E-state index is 10.6. The van der Waals surface area contributed by atoms with Gasteiger partial charge in [-0.25, -0.2) is 0 Å². The van der Waals surface area contributed by atoms with Crippen molar-refractivity contribution in [3.8, 4) is 0 Å². The summed E-state index contributed by atoms with van der Waals surface area (Å²) in [6, 6.07) is 0. The maximum Gasteiger partial charge on any atom is 0.131 e. The largest absolute Gasteiger partial charge is 0.300 e. The fourth-order valence-electron chi connectivity index (χ4n) is 1.18. The van der Waals surface area contributed by atoms with Crippen LogP contribution in [0, 0.1) is 0 Å². The number of alkyl halides is 1. The van der Waals surface area contributed by atoms with Gasteiger partial charge in [-0.3, -0.25) is 4.79 Å². The summed E-state index contributed by atoms with van der Waals surface area (Å²) in [5, 5.41) is 0. The van der Waals surface area contributed by atoms with Gasteiger partial charge in [-0.1, -0.05) is 29.0 Å². The number of hydrogen-bond donors (Lipinski definition) is 0. The molecule has 0 amide bonds. The molecule has 0 saturated heterocycles. The Morgan fingerprint density at radius 1 is 1.67 bits per heavy atom. The molecule has 0 bridgehead atoms. The van der Waals surface area contributed by atoms with E-state index in [0.717, 1.165) is 6.42 Å². The van der Waals surface area contributed by atoms with Gasteiger partial charge in [-0.05, 0) is 19.8 Å². The predicted molar refractivity (Wildman–Crippen MR) is 45.9 cm³/mol. The first-order valence-electron chi connectivity index (χ1n) is 3.31. The van der Waals surface area contributed by atoms with Crippen molar-refractivity contribution in [2.75, 3.05) is 0 Å². The summed E-state index contributed by atoms with van der Waals surface area (Å²) >= 11 is 2.42. The van der Waals surface area contributed by atoms with Crippen LogP contribution in [-0.4, -0.2) is 9.20 Å². The summed E-state index contributed by atoms with van der Waals surface area (Å²) in [4.78, 5) is 10.6. The van der Waals surface area contributed by atoms with Gasteiger partial charge in [-0.2, -0.15) is 0 Å². The van der Waals surface area contributed by atoms with Gasteiger partial charge in [-0.15, -0.1) is 0 Å². The molecule has 1 aliphatic rings. The van der Waals surface area contributed by atoms with Crippen molar-refractivity contribution in [3.05, 3.63) is 0 Å². The third kappa shape index (κ3) is 1.92. The average Bonchev–Trinajstić information content (AvgIpc) is 1.60. The van der Waals surface area contributed by atoms with Gasteiger partial charge in [0.2, 0.25) is 0 Å². The first-order chi connectivity index (χ1) is 4.12. The van der Waals surface area contributed by atoms with Gasteiger partial charge in [0.25, 0.3) is 0 Å². The van der Waals surface area contributed by atoms with E-state index in [0.29, 0.717) is 9.20 Å². The van der Waals surface area contributed by atoms with Crippen LogP contribution in [0.25, 0.3) is 0 Å². The van der Waals surface area contributed by atoms with E-state index in [2.05, 4.69) is 22.6 Å². The Kier molecular flexibility index (Phi) is 2.14. The van der Waals surface area contributed by atoms with E-state index in [1.54, 1.807) is 6.92 Å². The highest BCUT2D eigenvalue weighted by molar-refractivity contribution is 14.1. The highest BCUT2D eigenvalue weighted by atomic mass is 127. The highest BCUT2D eigenvalue weighted by Gasteiger charge is 2.34. The van der Waals surface area contributed by atoms with E-state index in [1.807, 2.05) is 0 Å². The second-order valence-corrected chi connectivity index (χ2v) is 5.17. The number of hydrogen-bond acceptors (Lipinski definition) is 1. The molecule has 0 radical (unpaired) electrons. The molecule has 0 N–H and O–H groups in total.